The number of benzene rings is 2. The van der Waals surface area contributed by atoms with E-state index in [9.17, 15) is 19.7 Å². The normalized spacial score (nSPS) is 16.7. The number of nitro benzene ring substituents is 1. The van der Waals surface area contributed by atoms with Crippen molar-refractivity contribution < 1.29 is 14.5 Å². The summed E-state index contributed by atoms with van der Waals surface area (Å²) in [5, 5.41) is 15.5. The van der Waals surface area contributed by atoms with Crippen LogP contribution in [0.15, 0.2) is 48.7 Å². The minimum atomic E-state index is -0.631. The van der Waals surface area contributed by atoms with Gasteiger partial charge < -0.3 is 10.3 Å². The number of nitro groups is 1. The number of amides is 2. The van der Waals surface area contributed by atoms with Gasteiger partial charge in [-0.3, -0.25) is 19.7 Å². The lowest BCUT2D eigenvalue weighted by molar-refractivity contribution is -0.385. The maximum Gasteiger partial charge on any atom is 0.274 e. The van der Waals surface area contributed by atoms with Crippen molar-refractivity contribution in [3.63, 3.8) is 0 Å². The number of aryl methyl sites for hydroxylation is 1. The highest BCUT2D eigenvalue weighted by molar-refractivity contribution is 6.22. The Hall–Kier alpha value is -3.52. The second-order valence-electron chi connectivity index (χ2n) is 7.12. The van der Waals surface area contributed by atoms with E-state index in [1.807, 2.05) is 30.5 Å². The van der Waals surface area contributed by atoms with Crippen molar-refractivity contribution in [2.75, 3.05) is 11.4 Å². The summed E-state index contributed by atoms with van der Waals surface area (Å²) in [6.45, 7) is 2.15. The van der Waals surface area contributed by atoms with Crippen molar-refractivity contribution in [3.8, 4) is 0 Å². The average molecular weight is 392 g/mol. The molecule has 0 saturated carbocycles. The summed E-state index contributed by atoms with van der Waals surface area (Å²) >= 11 is 0. The molecule has 0 spiro atoms. The van der Waals surface area contributed by atoms with Crippen LogP contribution in [0.3, 0.4) is 0 Å². The van der Waals surface area contributed by atoms with E-state index in [2.05, 4.69) is 10.3 Å². The van der Waals surface area contributed by atoms with Gasteiger partial charge in [0, 0.05) is 35.3 Å². The summed E-state index contributed by atoms with van der Waals surface area (Å²) in [7, 11) is 0. The monoisotopic (exact) mass is 392 g/mol. The fourth-order valence-corrected chi connectivity index (χ4v) is 3.72. The van der Waals surface area contributed by atoms with Crippen molar-refractivity contribution in [1.82, 2.24) is 10.3 Å². The van der Waals surface area contributed by atoms with Crippen LogP contribution in [-0.2, 0) is 16.0 Å². The predicted molar refractivity (Wildman–Crippen MR) is 109 cm³/mol. The molecule has 4 rings (SSSR count). The average Bonchev–Trinajstić information content (AvgIpc) is 3.23. The van der Waals surface area contributed by atoms with Crippen LogP contribution in [0.25, 0.3) is 10.9 Å². The third kappa shape index (κ3) is 3.50. The number of imide groups is 1. The molecule has 2 heterocycles. The van der Waals surface area contributed by atoms with Gasteiger partial charge in [-0.15, -0.1) is 0 Å². The van der Waals surface area contributed by atoms with Crippen LogP contribution < -0.4 is 10.2 Å². The molecule has 148 valence electrons. The predicted octanol–water partition coefficient (Wildman–Crippen LogP) is 2.85. The second-order valence-corrected chi connectivity index (χ2v) is 7.12. The first-order valence-electron chi connectivity index (χ1n) is 9.36. The number of carbonyl (C=O) groups excluding carboxylic acids is 2. The number of H-pyrrole nitrogens is 1. The number of anilines is 1. The SMILES string of the molecule is Cc1ccc(N2C(=O)CC(NCCc3c[nH]c4ccccc34)C2=O)cc1[N+](=O)[O-]. The smallest absolute Gasteiger partial charge is 0.274 e. The first-order valence-corrected chi connectivity index (χ1v) is 9.36. The quantitative estimate of drug-likeness (QED) is 0.381. The lowest BCUT2D eigenvalue weighted by Crippen LogP contribution is -2.39. The van der Waals surface area contributed by atoms with Crippen LogP contribution in [0.1, 0.15) is 17.5 Å². The molecule has 3 aromatic rings. The Bertz CT molecular complexity index is 1120. The Kier molecular flexibility index (Phi) is 4.85. The zero-order valence-electron chi connectivity index (χ0n) is 15.8. The highest BCUT2D eigenvalue weighted by atomic mass is 16.6. The Morgan fingerprint density at radius 1 is 1.24 bits per heavy atom. The fraction of sp³-hybridized carbons (Fsp3) is 0.238. The minimum Gasteiger partial charge on any atom is -0.361 e. The number of fused-ring (bicyclic) bond motifs is 1. The highest BCUT2D eigenvalue weighted by Crippen LogP contribution is 2.29. The molecule has 1 fully saturated rings. The van der Waals surface area contributed by atoms with Gasteiger partial charge in [0.15, 0.2) is 0 Å². The summed E-state index contributed by atoms with van der Waals surface area (Å²) < 4.78 is 0. The molecule has 2 amide bonds. The third-order valence-corrected chi connectivity index (χ3v) is 5.25. The molecular formula is C21H20N4O4. The second kappa shape index (κ2) is 7.48. The van der Waals surface area contributed by atoms with Crippen LogP contribution >= 0.6 is 0 Å². The molecule has 2 aromatic carbocycles. The maximum absolute atomic E-state index is 12.8. The molecule has 1 aliphatic heterocycles. The largest absolute Gasteiger partial charge is 0.361 e. The van der Waals surface area contributed by atoms with E-state index in [0.29, 0.717) is 18.5 Å². The van der Waals surface area contributed by atoms with Crippen molar-refractivity contribution in [2.45, 2.75) is 25.8 Å². The third-order valence-electron chi connectivity index (χ3n) is 5.25. The van der Waals surface area contributed by atoms with E-state index in [0.717, 1.165) is 21.4 Å². The van der Waals surface area contributed by atoms with Crippen LogP contribution in [-0.4, -0.2) is 34.3 Å². The zero-order valence-corrected chi connectivity index (χ0v) is 15.8. The van der Waals surface area contributed by atoms with Crippen molar-refractivity contribution in [1.29, 1.82) is 0 Å². The number of carbonyl (C=O) groups is 2. The van der Waals surface area contributed by atoms with E-state index in [-0.39, 0.29) is 29.6 Å². The molecule has 2 N–H and O–H groups in total. The number of aromatic nitrogens is 1. The van der Waals surface area contributed by atoms with Gasteiger partial charge >= 0.3 is 0 Å². The zero-order chi connectivity index (χ0) is 20.5. The lowest BCUT2D eigenvalue weighted by Gasteiger charge is -2.16. The van der Waals surface area contributed by atoms with Crippen LogP contribution in [0.2, 0.25) is 0 Å². The standard InChI is InChI=1S/C21H20N4O4/c1-13-6-7-15(10-19(13)25(28)29)24-20(26)11-18(21(24)27)22-9-8-14-12-23-17-5-3-2-4-16(14)17/h2-7,10,12,18,22-23H,8-9,11H2,1H3. The molecule has 1 unspecified atom stereocenters. The molecule has 1 aliphatic rings. The summed E-state index contributed by atoms with van der Waals surface area (Å²) in [5.41, 5.74) is 2.79. The topological polar surface area (TPSA) is 108 Å². The van der Waals surface area contributed by atoms with E-state index < -0.39 is 11.0 Å². The van der Waals surface area contributed by atoms with Gasteiger partial charge in [0.1, 0.15) is 0 Å². The first kappa shape index (κ1) is 18.8. The van der Waals surface area contributed by atoms with Gasteiger partial charge in [-0.05, 0) is 31.0 Å². The summed E-state index contributed by atoms with van der Waals surface area (Å²) in [4.78, 5) is 40.1. The Morgan fingerprint density at radius 3 is 2.83 bits per heavy atom. The summed E-state index contributed by atoms with van der Waals surface area (Å²) in [6, 6.07) is 11.7. The van der Waals surface area contributed by atoms with E-state index in [1.165, 1.54) is 6.07 Å². The van der Waals surface area contributed by atoms with Gasteiger partial charge in [0.2, 0.25) is 5.91 Å². The highest BCUT2D eigenvalue weighted by Gasteiger charge is 2.39. The fourth-order valence-electron chi connectivity index (χ4n) is 3.72. The van der Waals surface area contributed by atoms with Crippen LogP contribution in [0, 0.1) is 17.0 Å². The molecule has 0 bridgehead atoms. The molecule has 29 heavy (non-hydrogen) atoms. The molecular weight excluding hydrogens is 372 g/mol. The number of nitrogens with one attached hydrogen (secondary N) is 2. The summed E-state index contributed by atoms with van der Waals surface area (Å²) in [6.07, 6.45) is 2.69. The Morgan fingerprint density at radius 2 is 2.03 bits per heavy atom. The molecule has 1 aromatic heterocycles. The van der Waals surface area contributed by atoms with Gasteiger partial charge in [-0.1, -0.05) is 24.3 Å². The van der Waals surface area contributed by atoms with Gasteiger partial charge in [0.05, 0.1) is 23.1 Å². The van der Waals surface area contributed by atoms with Gasteiger partial charge in [-0.25, -0.2) is 4.90 Å². The number of hydrogen-bond donors (Lipinski definition) is 2. The number of hydrogen-bond acceptors (Lipinski definition) is 5. The first-order chi connectivity index (χ1) is 14.0. The van der Waals surface area contributed by atoms with E-state index >= 15 is 0 Å². The minimum absolute atomic E-state index is 0.0361. The number of aromatic amines is 1. The van der Waals surface area contributed by atoms with Crippen LogP contribution in [0.5, 0.6) is 0 Å². The van der Waals surface area contributed by atoms with Crippen molar-refractivity contribution in [3.05, 3.63) is 69.9 Å². The lowest BCUT2D eigenvalue weighted by atomic mass is 10.1. The molecule has 0 radical (unpaired) electrons. The molecule has 1 saturated heterocycles. The molecule has 8 nitrogen and oxygen atoms in total. The number of para-hydroxylation sites is 1. The molecule has 0 aliphatic carbocycles. The summed E-state index contributed by atoms with van der Waals surface area (Å²) in [5.74, 6) is -0.746. The molecule has 8 heteroatoms. The Labute approximate surface area is 166 Å². The number of rotatable bonds is 6. The van der Waals surface area contributed by atoms with E-state index in [1.54, 1.807) is 19.1 Å². The molecule has 1 atom stereocenters. The van der Waals surface area contributed by atoms with E-state index in [4.69, 9.17) is 0 Å². The van der Waals surface area contributed by atoms with Gasteiger partial charge in [0.25, 0.3) is 11.6 Å². The van der Waals surface area contributed by atoms with Crippen molar-refractivity contribution >= 4 is 34.1 Å². The Balaban J connectivity index is 1.44. The number of nitrogens with zero attached hydrogens (tertiary/aromatic N) is 2. The van der Waals surface area contributed by atoms with Crippen molar-refractivity contribution in [2.24, 2.45) is 0 Å². The maximum atomic E-state index is 12.8. The van der Waals surface area contributed by atoms with Gasteiger partial charge in [-0.2, -0.15) is 0 Å². The van der Waals surface area contributed by atoms with Crippen LogP contribution in [0.4, 0.5) is 11.4 Å².